The van der Waals surface area contributed by atoms with Gasteiger partial charge in [0.2, 0.25) is 0 Å². The number of nitrogens with zero attached hydrogens (tertiary/aromatic N) is 1. The molecular weight excluding hydrogens is 338 g/mol. The lowest BCUT2D eigenvalue weighted by Crippen LogP contribution is -2.04. The van der Waals surface area contributed by atoms with Crippen molar-refractivity contribution in [1.29, 1.82) is 0 Å². The predicted molar refractivity (Wildman–Crippen MR) is 97.0 cm³/mol. The third kappa shape index (κ3) is 5.89. The van der Waals surface area contributed by atoms with Crippen LogP contribution in [-0.2, 0) is 27.3 Å². The molecule has 0 spiro atoms. The molecule has 2 rings (SSSR count). The zero-order valence-electron chi connectivity index (χ0n) is 14.8. The first-order valence-corrected chi connectivity index (χ1v) is 9.63. The van der Waals surface area contributed by atoms with Crippen molar-refractivity contribution in [1.82, 2.24) is 4.98 Å². The Morgan fingerprint density at radius 2 is 1.92 bits per heavy atom. The van der Waals surface area contributed by atoms with Gasteiger partial charge in [-0.05, 0) is 49.2 Å². The molecule has 0 unspecified atom stereocenters. The Balaban J connectivity index is 2.29. The molecule has 0 aliphatic rings. The number of pyridine rings is 1. The molecule has 5 nitrogen and oxygen atoms in total. The molecule has 1 aromatic heterocycles. The summed E-state index contributed by atoms with van der Waals surface area (Å²) in [4.78, 5) is 4.27. The van der Waals surface area contributed by atoms with Gasteiger partial charge < -0.3 is 4.74 Å². The van der Waals surface area contributed by atoms with Gasteiger partial charge in [0, 0.05) is 16.8 Å². The molecule has 0 amide bonds. The highest BCUT2D eigenvalue weighted by molar-refractivity contribution is 7.85. The first kappa shape index (κ1) is 19.0. The van der Waals surface area contributed by atoms with Crippen molar-refractivity contribution in [3.8, 4) is 17.6 Å². The number of hydrogen-bond donors (Lipinski definition) is 0. The van der Waals surface area contributed by atoms with E-state index in [4.69, 9.17) is 8.92 Å². The van der Waals surface area contributed by atoms with E-state index in [0.717, 1.165) is 40.8 Å². The van der Waals surface area contributed by atoms with Gasteiger partial charge in [0.1, 0.15) is 12.4 Å². The van der Waals surface area contributed by atoms with Gasteiger partial charge in [-0.15, -0.1) is 0 Å². The van der Waals surface area contributed by atoms with E-state index in [1.807, 2.05) is 31.2 Å². The van der Waals surface area contributed by atoms with Gasteiger partial charge in [-0.25, -0.2) is 0 Å². The van der Waals surface area contributed by atoms with E-state index in [1.165, 1.54) is 0 Å². The molecule has 0 aliphatic carbocycles. The summed E-state index contributed by atoms with van der Waals surface area (Å²) >= 11 is 0. The Hall–Kier alpha value is -2.36. The van der Waals surface area contributed by atoms with E-state index in [9.17, 15) is 8.42 Å². The summed E-state index contributed by atoms with van der Waals surface area (Å²) in [6.07, 6.45) is 1.86. The van der Waals surface area contributed by atoms with Gasteiger partial charge >= 0.3 is 0 Å². The quantitative estimate of drug-likeness (QED) is 0.607. The standard InChI is InChI=1S/C19H21NO4S/c1-5-16-12-19(23-3)9-8-17(16)7-6-15-10-14(2)20-18(11-15)13-24-25(4,21)22/h8-12H,5,13H2,1-4H3. The van der Waals surface area contributed by atoms with Gasteiger partial charge in [0.05, 0.1) is 19.1 Å². The maximum atomic E-state index is 11.1. The first-order valence-electron chi connectivity index (χ1n) is 7.81. The highest BCUT2D eigenvalue weighted by Gasteiger charge is 2.05. The lowest BCUT2D eigenvalue weighted by molar-refractivity contribution is 0.307. The van der Waals surface area contributed by atoms with E-state index in [1.54, 1.807) is 13.2 Å². The molecule has 0 saturated heterocycles. The number of ether oxygens (including phenoxy) is 1. The third-order valence-electron chi connectivity index (χ3n) is 3.46. The van der Waals surface area contributed by atoms with E-state index < -0.39 is 10.1 Å². The molecule has 2 aromatic rings. The fourth-order valence-electron chi connectivity index (χ4n) is 2.30. The van der Waals surface area contributed by atoms with Crippen LogP contribution in [0.25, 0.3) is 0 Å². The molecule has 1 heterocycles. The van der Waals surface area contributed by atoms with Crippen molar-refractivity contribution in [3.63, 3.8) is 0 Å². The lowest BCUT2D eigenvalue weighted by Gasteiger charge is -2.05. The maximum absolute atomic E-state index is 11.1. The van der Waals surface area contributed by atoms with E-state index in [2.05, 4.69) is 23.7 Å². The monoisotopic (exact) mass is 359 g/mol. The Labute approximate surface area is 149 Å². The molecule has 25 heavy (non-hydrogen) atoms. The molecule has 0 atom stereocenters. The number of hydrogen-bond acceptors (Lipinski definition) is 5. The summed E-state index contributed by atoms with van der Waals surface area (Å²) in [5.74, 6) is 7.09. The van der Waals surface area contributed by atoms with E-state index in [0.29, 0.717) is 5.69 Å². The highest BCUT2D eigenvalue weighted by atomic mass is 32.2. The van der Waals surface area contributed by atoms with Crippen LogP contribution in [0.2, 0.25) is 0 Å². The van der Waals surface area contributed by atoms with Crippen molar-refractivity contribution >= 4 is 10.1 Å². The Morgan fingerprint density at radius 1 is 1.16 bits per heavy atom. The smallest absolute Gasteiger partial charge is 0.264 e. The van der Waals surface area contributed by atoms with Crippen LogP contribution in [0.1, 0.15) is 35.0 Å². The summed E-state index contributed by atoms with van der Waals surface area (Å²) in [6.45, 7) is 3.80. The van der Waals surface area contributed by atoms with Gasteiger partial charge in [-0.1, -0.05) is 18.8 Å². The average molecular weight is 359 g/mol. The van der Waals surface area contributed by atoms with Crippen LogP contribution >= 0.6 is 0 Å². The zero-order valence-corrected chi connectivity index (χ0v) is 15.6. The molecule has 6 heteroatoms. The second-order valence-corrected chi connectivity index (χ2v) is 7.23. The molecule has 0 saturated carbocycles. The minimum Gasteiger partial charge on any atom is -0.497 e. The number of rotatable bonds is 5. The molecule has 0 N–H and O–H groups in total. The van der Waals surface area contributed by atoms with Gasteiger partial charge in [0.15, 0.2) is 0 Å². The number of methoxy groups -OCH3 is 1. The van der Waals surface area contributed by atoms with E-state index in [-0.39, 0.29) is 6.61 Å². The molecular formula is C19H21NO4S. The molecule has 1 aromatic carbocycles. The van der Waals surface area contributed by atoms with Gasteiger partial charge in [-0.2, -0.15) is 8.42 Å². The normalized spacial score (nSPS) is 10.9. The van der Waals surface area contributed by atoms with Crippen LogP contribution < -0.4 is 4.74 Å². The molecule has 0 aliphatic heterocycles. The number of benzene rings is 1. The molecule has 132 valence electrons. The summed E-state index contributed by atoms with van der Waals surface area (Å²) in [5.41, 5.74) is 4.09. The van der Waals surface area contributed by atoms with Gasteiger partial charge in [-0.3, -0.25) is 9.17 Å². The van der Waals surface area contributed by atoms with E-state index >= 15 is 0 Å². The number of aromatic nitrogens is 1. The summed E-state index contributed by atoms with van der Waals surface area (Å²) in [7, 11) is -1.87. The van der Waals surface area contributed by atoms with Crippen LogP contribution in [0.4, 0.5) is 0 Å². The third-order valence-corrected chi connectivity index (χ3v) is 4.01. The zero-order chi connectivity index (χ0) is 18.4. The topological polar surface area (TPSA) is 65.5 Å². The summed E-state index contributed by atoms with van der Waals surface area (Å²) < 4.78 is 32.3. The van der Waals surface area contributed by atoms with Gasteiger partial charge in [0.25, 0.3) is 10.1 Å². The van der Waals surface area contributed by atoms with Crippen LogP contribution in [0.15, 0.2) is 30.3 Å². The van der Waals surface area contributed by atoms with Crippen LogP contribution in [0.5, 0.6) is 5.75 Å². The van der Waals surface area contributed by atoms with Crippen molar-refractivity contribution < 1.29 is 17.3 Å². The fourth-order valence-corrected chi connectivity index (χ4v) is 2.64. The molecule has 0 fully saturated rings. The Bertz CT molecular complexity index is 924. The summed E-state index contributed by atoms with van der Waals surface area (Å²) in [5, 5.41) is 0. The Kier molecular flexibility index (Phi) is 6.18. The largest absolute Gasteiger partial charge is 0.497 e. The van der Waals surface area contributed by atoms with Crippen LogP contribution in [0, 0.1) is 18.8 Å². The first-order chi connectivity index (χ1) is 11.8. The maximum Gasteiger partial charge on any atom is 0.264 e. The van der Waals surface area contributed by atoms with Crippen molar-refractivity contribution in [3.05, 3.63) is 58.4 Å². The van der Waals surface area contributed by atoms with Crippen molar-refractivity contribution in [2.45, 2.75) is 26.9 Å². The Morgan fingerprint density at radius 3 is 2.56 bits per heavy atom. The highest BCUT2D eigenvalue weighted by Crippen LogP contribution is 2.18. The summed E-state index contributed by atoms with van der Waals surface area (Å²) in [6, 6.07) is 9.39. The predicted octanol–water partition coefficient (Wildman–Crippen LogP) is 2.84. The second kappa shape index (κ2) is 8.15. The number of aryl methyl sites for hydroxylation is 2. The fraction of sp³-hybridized carbons (Fsp3) is 0.316. The van der Waals surface area contributed by atoms with Crippen molar-refractivity contribution in [2.75, 3.05) is 13.4 Å². The SMILES string of the molecule is CCc1cc(OC)ccc1C#Cc1cc(C)nc(COS(C)(=O)=O)c1. The van der Waals surface area contributed by atoms with Crippen LogP contribution in [-0.4, -0.2) is 26.8 Å². The average Bonchev–Trinajstić information content (AvgIpc) is 2.57. The van der Waals surface area contributed by atoms with Crippen molar-refractivity contribution in [2.24, 2.45) is 0 Å². The second-order valence-electron chi connectivity index (χ2n) is 5.58. The molecule has 0 bridgehead atoms. The lowest BCUT2D eigenvalue weighted by atomic mass is 10.0. The minimum atomic E-state index is -3.51. The molecule has 0 radical (unpaired) electrons. The van der Waals surface area contributed by atoms with Crippen LogP contribution in [0.3, 0.4) is 0 Å². The minimum absolute atomic E-state index is 0.0993.